The fourth-order valence-electron chi connectivity index (χ4n) is 2.77. The summed E-state index contributed by atoms with van der Waals surface area (Å²) >= 11 is 0. The largest absolute Gasteiger partial charge is 0.376 e. The van der Waals surface area contributed by atoms with Crippen LogP contribution in [0.15, 0.2) is 18.2 Å². The lowest BCUT2D eigenvalue weighted by atomic mass is 9.78. The highest BCUT2D eigenvalue weighted by atomic mass is 19.1. The highest BCUT2D eigenvalue weighted by molar-refractivity contribution is 5.62. The Morgan fingerprint density at radius 1 is 1.37 bits per heavy atom. The summed E-state index contributed by atoms with van der Waals surface area (Å²) in [6.45, 7) is 4.34. The van der Waals surface area contributed by atoms with Crippen LogP contribution in [-0.4, -0.2) is 11.0 Å². The standard InChI is InChI=1S/C14H19FN2O2/c1-9-4-3-5-12(10(9)2)16-13-8-11(15)6-7-14(13)17(18)19/h6-10,12,16H,3-5H2,1-2H3. The summed E-state index contributed by atoms with van der Waals surface area (Å²) in [5.41, 5.74) is 0.225. The van der Waals surface area contributed by atoms with Crippen LogP contribution in [0.25, 0.3) is 0 Å². The Labute approximate surface area is 112 Å². The maximum absolute atomic E-state index is 13.3. The van der Waals surface area contributed by atoms with Crippen molar-refractivity contribution in [3.8, 4) is 0 Å². The van der Waals surface area contributed by atoms with E-state index in [0.29, 0.717) is 11.8 Å². The molecule has 104 valence electrons. The molecular formula is C14H19FN2O2. The molecule has 19 heavy (non-hydrogen) atoms. The van der Waals surface area contributed by atoms with E-state index in [1.807, 2.05) is 0 Å². The SMILES string of the molecule is CC1CCCC(Nc2cc(F)ccc2[N+](=O)[O-])C1C. The number of hydrogen-bond acceptors (Lipinski definition) is 3. The highest BCUT2D eigenvalue weighted by Gasteiger charge is 2.28. The second-order valence-corrected chi connectivity index (χ2v) is 5.44. The molecule has 1 fully saturated rings. The number of benzene rings is 1. The second-order valence-electron chi connectivity index (χ2n) is 5.44. The van der Waals surface area contributed by atoms with Crippen molar-refractivity contribution in [2.45, 2.75) is 39.2 Å². The first-order valence-corrected chi connectivity index (χ1v) is 6.69. The van der Waals surface area contributed by atoms with Crippen LogP contribution in [0, 0.1) is 27.8 Å². The highest BCUT2D eigenvalue weighted by Crippen LogP contribution is 2.34. The van der Waals surface area contributed by atoms with Crippen LogP contribution < -0.4 is 5.32 Å². The van der Waals surface area contributed by atoms with Crippen LogP contribution in [0.3, 0.4) is 0 Å². The van der Waals surface area contributed by atoms with Crippen molar-refractivity contribution in [2.75, 3.05) is 5.32 Å². The van der Waals surface area contributed by atoms with E-state index in [9.17, 15) is 14.5 Å². The van der Waals surface area contributed by atoms with Gasteiger partial charge in [0.05, 0.1) is 4.92 Å². The lowest BCUT2D eigenvalue weighted by Crippen LogP contribution is -2.35. The molecule has 1 aliphatic carbocycles. The first kappa shape index (κ1) is 13.8. The summed E-state index contributed by atoms with van der Waals surface area (Å²) in [6.07, 6.45) is 3.26. The molecule has 1 aromatic carbocycles. The van der Waals surface area contributed by atoms with Gasteiger partial charge in [0.1, 0.15) is 11.5 Å². The molecule has 1 aromatic rings. The van der Waals surface area contributed by atoms with Gasteiger partial charge in [0.25, 0.3) is 5.69 Å². The normalized spacial score (nSPS) is 27.0. The molecule has 0 heterocycles. The third kappa shape index (κ3) is 3.03. The molecule has 0 amide bonds. The predicted octanol–water partition coefficient (Wildman–Crippen LogP) is 3.97. The molecular weight excluding hydrogens is 247 g/mol. The smallest absolute Gasteiger partial charge is 0.292 e. The van der Waals surface area contributed by atoms with E-state index >= 15 is 0 Å². The Morgan fingerprint density at radius 3 is 2.79 bits per heavy atom. The third-order valence-corrected chi connectivity index (χ3v) is 4.20. The number of anilines is 1. The van der Waals surface area contributed by atoms with Crippen LogP contribution in [0.4, 0.5) is 15.8 Å². The van der Waals surface area contributed by atoms with E-state index in [2.05, 4.69) is 19.2 Å². The van der Waals surface area contributed by atoms with E-state index < -0.39 is 10.7 Å². The first-order valence-electron chi connectivity index (χ1n) is 6.69. The Balaban J connectivity index is 2.22. The molecule has 0 aromatic heterocycles. The van der Waals surface area contributed by atoms with Gasteiger partial charge in [-0.15, -0.1) is 0 Å². The van der Waals surface area contributed by atoms with Crippen molar-refractivity contribution in [3.05, 3.63) is 34.1 Å². The summed E-state index contributed by atoms with van der Waals surface area (Å²) in [5, 5.41) is 14.1. The van der Waals surface area contributed by atoms with Crippen molar-refractivity contribution >= 4 is 11.4 Å². The van der Waals surface area contributed by atoms with Crippen LogP contribution in [-0.2, 0) is 0 Å². The van der Waals surface area contributed by atoms with Crippen molar-refractivity contribution in [1.82, 2.24) is 0 Å². The van der Waals surface area contributed by atoms with E-state index in [-0.39, 0.29) is 17.4 Å². The zero-order valence-electron chi connectivity index (χ0n) is 11.2. The lowest BCUT2D eigenvalue weighted by Gasteiger charge is -2.35. The van der Waals surface area contributed by atoms with E-state index in [1.165, 1.54) is 18.6 Å². The van der Waals surface area contributed by atoms with E-state index in [4.69, 9.17) is 0 Å². The van der Waals surface area contributed by atoms with Gasteiger partial charge in [-0.3, -0.25) is 10.1 Å². The minimum absolute atomic E-state index is 0.0631. The van der Waals surface area contributed by atoms with Gasteiger partial charge in [0.15, 0.2) is 0 Å². The monoisotopic (exact) mass is 266 g/mol. The molecule has 0 bridgehead atoms. The van der Waals surface area contributed by atoms with Gasteiger partial charge in [-0.05, 0) is 24.3 Å². The molecule has 2 rings (SSSR count). The average Bonchev–Trinajstić information content (AvgIpc) is 2.35. The molecule has 1 saturated carbocycles. The number of nitrogens with one attached hydrogen (secondary N) is 1. The van der Waals surface area contributed by atoms with Gasteiger partial charge in [-0.25, -0.2) is 4.39 Å². The summed E-state index contributed by atoms with van der Waals surface area (Å²) in [4.78, 5) is 10.5. The first-order chi connectivity index (χ1) is 8.99. The molecule has 3 unspecified atom stereocenters. The van der Waals surface area contributed by atoms with Crippen molar-refractivity contribution in [3.63, 3.8) is 0 Å². The van der Waals surface area contributed by atoms with Crippen molar-refractivity contribution in [2.24, 2.45) is 11.8 Å². The molecule has 0 radical (unpaired) electrons. The predicted molar refractivity (Wildman–Crippen MR) is 72.6 cm³/mol. The van der Waals surface area contributed by atoms with Gasteiger partial charge < -0.3 is 5.32 Å². The summed E-state index contributed by atoms with van der Waals surface area (Å²) in [5.74, 6) is 0.556. The average molecular weight is 266 g/mol. The molecule has 1 aliphatic rings. The van der Waals surface area contributed by atoms with Crippen LogP contribution in [0.5, 0.6) is 0 Å². The summed E-state index contributed by atoms with van der Waals surface area (Å²) in [6, 6.07) is 3.72. The molecule has 0 saturated heterocycles. The third-order valence-electron chi connectivity index (χ3n) is 4.20. The zero-order valence-corrected chi connectivity index (χ0v) is 11.2. The Bertz CT molecular complexity index is 479. The fourth-order valence-corrected chi connectivity index (χ4v) is 2.77. The fraction of sp³-hybridized carbons (Fsp3) is 0.571. The van der Waals surface area contributed by atoms with Crippen molar-refractivity contribution < 1.29 is 9.31 Å². The van der Waals surface area contributed by atoms with Crippen LogP contribution in [0.1, 0.15) is 33.1 Å². The van der Waals surface area contributed by atoms with Gasteiger partial charge in [-0.2, -0.15) is 0 Å². The van der Waals surface area contributed by atoms with Gasteiger partial charge in [0.2, 0.25) is 0 Å². The Morgan fingerprint density at radius 2 is 2.11 bits per heavy atom. The lowest BCUT2D eigenvalue weighted by molar-refractivity contribution is -0.384. The van der Waals surface area contributed by atoms with E-state index in [0.717, 1.165) is 18.9 Å². The number of hydrogen-bond donors (Lipinski definition) is 1. The molecule has 0 aliphatic heterocycles. The van der Waals surface area contributed by atoms with Crippen LogP contribution >= 0.6 is 0 Å². The minimum atomic E-state index is -0.474. The van der Waals surface area contributed by atoms with Crippen LogP contribution in [0.2, 0.25) is 0 Å². The second kappa shape index (κ2) is 5.55. The number of nitro benzene ring substituents is 1. The Kier molecular flexibility index (Phi) is 4.02. The maximum atomic E-state index is 13.3. The minimum Gasteiger partial charge on any atom is -0.376 e. The summed E-state index contributed by atoms with van der Waals surface area (Å²) in [7, 11) is 0. The molecule has 4 nitrogen and oxygen atoms in total. The van der Waals surface area contributed by atoms with Gasteiger partial charge in [0, 0.05) is 18.2 Å². The molecule has 0 spiro atoms. The number of rotatable bonds is 3. The van der Waals surface area contributed by atoms with Crippen molar-refractivity contribution in [1.29, 1.82) is 0 Å². The quantitative estimate of drug-likeness (QED) is 0.665. The molecule has 3 atom stereocenters. The Hall–Kier alpha value is -1.65. The summed E-state index contributed by atoms with van der Waals surface area (Å²) < 4.78 is 13.3. The zero-order chi connectivity index (χ0) is 14.0. The topological polar surface area (TPSA) is 55.2 Å². The van der Waals surface area contributed by atoms with Gasteiger partial charge >= 0.3 is 0 Å². The van der Waals surface area contributed by atoms with E-state index in [1.54, 1.807) is 0 Å². The molecule has 5 heteroatoms. The van der Waals surface area contributed by atoms with Gasteiger partial charge in [-0.1, -0.05) is 26.7 Å². The number of nitrogens with zero attached hydrogens (tertiary/aromatic N) is 1. The number of halogens is 1. The maximum Gasteiger partial charge on any atom is 0.292 e. The number of nitro groups is 1. The molecule has 1 N–H and O–H groups in total.